The topological polar surface area (TPSA) is 20.3 Å². The van der Waals surface area contributed by atoms with Crippen LogP contribution in [0.4, 0.5) is 0 Å². The lowest BCUT2D eigenvalue weighted by Crippen LogP contribution is -2.30. The minimum Gasteiger partial charge on any atom is -0.343 e. The highest BCUT2D eigenvalue weighted by molar-refractivity contribution is 5.75. The summed E-state index contributed by atoms with van der Waals surface area (Å²) in [5.41, 5.74) is 0. The highest BCUT2D eigenvalue weighted by atomic mass is 16.2. The van der Waals surface area contributed by atoms with Crippen molar-refractivity contribution < 1.29 is 4.79 Å². The predicted octanol–water partition coefficient (Wildman–Crippen LogP) is 3.03. The highest BCUT2D eigenvalue weighted by Crippen LogP contribution is 2.06. The van der Waals surface area contributed by atoms with Crippen molar-refractivity contribution in [3.63, 3.8) is 0 Å². The summed E-state index contributed by atoms with van der Waals surface area (Å²) in [6, 6.07) is 0. The van der Waals surface area contributed by atoms with Gasteiger partial charge in [0, 0.05) is 19.5 Å². The molecule has 1 amide bonds. The summed E-state index contributed by atoms with van der Waals surface area (Å²) in [6.07, 6.45) is 6.36. The summed E-state index contributed by atoms with van der Waals surface area (Å²) in [5, 5.41) is 0. The Balaban J connectivity index is 3.43. The number of hydrogen-bond acceptors (Lipinski definition) is 1. The molecule has 0 fully saturated rings. The summed E-state index contributed by atoms with van der Waals surface area (Å²) in [5.74, 6) is 0.310. The largest absolute Gasteiger partial charge is 0.343 e. The van der Waals surface area contributed by atoms with Crippen LogP contribution in [0.5, 0.6) is 0 Å². The van der Waals surface area contributed by atoms with Gasteiger partial charge < -0.3 is 4.90 Å². The minimum atomic E-state index is 0.310. The van der Waals surface area contributed by atoms with Crippen LogP contribution >= 0.6 is 0 Å². The molecule has 0 aromatic rings. The Labute approximate surface area is 88.7 Å². The fourth-order valence-electron chi connectivity index (χ4n) is 1.54. The van der Waals surface area contributed by atoms with Crippen LogP contribution in [-0.4, -0.2) is 23.9 Å². The van der Waals surface area contributed by atoms with Crippen molar-refractivity contribution in [3.05, 3.63) is 6.92 Å². The molecular formula is C12H24NO. The molecule has 0 aliphatic heterocycles. The van der Waals surface area contributed by atoms with Gasteiger partial charge in [-0.1, -0.05) is 32.6 Å². The molecule has 2 heteroatoms. The van der Waals surface area contributed by atoms with Crippen LogP contribution < -0.4 is 0 Å². The number of nitrogens with zero attached hydrogens (tertiary/aromatic N) is 1. The van der Waals surface area contributed by atoms with Gasteiger partial charge >= 0.3 is 0 Å². The second-order valence-corrected chi connectivity index (χ2v) is 3.58. The Morgan fingerprint density at radius 3 is 2.14 bits per heavy atom. The number of carbonyl (C=O) groups excluding carboxylic acids is 1. The first-order valence-corrected chi connectivity index (χ1v) is 5.83. The monoisotopic (exact) mass is 198 g/mol. The first-order chi connectivity index (χ1) is 6.76. The van der Waals surface area contributed by atoms with Crippen LogP contribution in [0.15, 0.2) is 0 Å². The van der Waals surface area contributed by atoms with E-state index in [0.717, 1.165) is 32.4 Å². The second-order valence-electron chi connectivity index (χ2n) is 3.58. The third kappa shape index (κ3) is 6.01. The molecule has 83 valence electrons. The van der Waals surface area contributed by atoms with Gasteiger partial charge in [-0.05, 0) is 20.3 Å². The Hall–Kier alpha value is -0.530. The maximum absolute atomic E-state index is 11.6. The van der Waals surface area contributed by atoms with Crippen LogP contribution in [0.3, 0.4) is 0 Å². The number of amides is 1. The predicted molar refractivity (Wildman–Crippen MR) is 61.0 cm³/mol. The first-order valence-electron chi connectivity index (χ1n) is 5.83. The molecule has 0 saturated heterocycles. The molecule has 14 heavy (non-hydrogen) atoms. The molecule has 2 nitrogen and oxygen atoms in total. The van der Waals surface area contributed by atoms with E-state index in [1.54, 1.807) is 0 Å². The number of hydrogen-bond donors (Lipinski definition) is 0. The summed E-state index contributed by atoms with van der Waals surface area (Å²) in [7, 11) is 0. The van der Waals surface area contributed by atoms with Crippen LogP contribution in [-0.2, 0) is 4.79 Å². The van der Waals surface area contributed by atoms with E-state index in [1.165, 1.54) is 19.3 Å². The van der Waals surface area contributed by atoms with Gasteiger partial charge in [0.15, 0.2) is 0 Å². The number of unbranched alkanes of at least 4 members (excludes halogenated alkanes) is 4. The van der Waals surface area contributed by atoms with Crippen molar-refractivity contribution in [2.24, 2.45) is 0 Å². The zero-order valence-electron chi connectivity index (χ0n) is 9.72. The molecule has 0 aromatic carbocycles. The third-order valence-corrected chi connectivity index (χ3v) is 2.51. The second kappa shape index (κ2) is 9.04. The Bertz CT molecular complexity index is 141. The lowest BCUT2D eigenvalue weighted by Gasteiger charge is -2.18. The van der Waals surface area contributed by atoms with E-state index in [4.69, 9.17) is 0 Å². The maximum atomic E-state index is 11.6. The lowest BCUT2D eigenvalue weighted by atomic mass is 10.1. The molecule has 0 bridgehead atoms. The molecule has 0 heterocycles. The number of rotatable bonds is 8. The lowest BCUT2D eigenvalue weighted by molar-refractivity contribution is -0.130. The molecule has 0 aliphatic rings. The zero-order valence-corrected chi connectivity index (χ0v) is 9.72. The Morgan fingerprint density at radius 2 is 1.64 bits per heavy atom. The van der Waals surface area contributed by atoms with E-state index in [-0.39, 0.29) is 0 Å². The van der Waals surface area contributed by atoms with Crippen molar-refractivity contribution in [1.29, 1.82) is 0 Å². The van der Waals surface area contributed by atoms with E-state index in [2.05, 4.69) is 6.92 Å². The van der Waals surface area contributed by atoms with Crippen molar-refractivity contribution in [1.82, 2.24) is 4.90 Å². The van der Waals surface area contributed by atoms with Gasteiger partial charge in [0.05, 0.1) is 0 Å². The van der Waals surface area contributed by atoms with E-state index >= 15 is 0 Å². The molecule has 0 unspecified atom stereocenters. The molecule has 0 rings (SSSR count). The summed E-state index contributed by atoms with van der Waals surface area (Å²) >= 11 is 0. The van der Waals surface area contributed by atoms with Gasteiger partial charge in [0.1, 0.15) is 0 Å². The van der Waals surface area contributed by atoms with Crippen molar-refractivity contribution in [2.45, 2.75) is 52.4 Å². The van der Waals surface area contributed by atoms with Crippen molar-refractivity contribution in [2.75, 3.05) is 13.1 Å². The molecule has 0 aromatic heterocycles. The molecule has 1 radical (unpaired) electrons. The van der Waals surface area contributed by atoms with Gasteiger partial charge in [-0.15, -0.1) is 0 Å². The average Bonchev–Trinajstić information content (AvgIpc) is 2.19. The van der Waals surface area contributed by atoms with Gasteiger partial charge in [-0.3, -0.25) is 4.79 Å². The van der Waals surface area contributed by atoms with Crippen molar-refractivity contribution in [3.8, 4) is 0 Å². The zero-order chi connectivity index (χ0) is 10.8. The quantitative estimate of drug-likeness (QED) is 0.549. The van der Waals surface area contributed by atoms with Gasteiger partial charge in [-0.2, -0.15) is 0 Å². The number of carbonyl (C=O) groups is 1. The summed E-state index contributed by atoms with van der Waals surface area (Å²) in [4.78, 5) is 13.5. The fraction of sp³-hybridized carbons (Fsp3) is 0.833. The van der Waals surface area contributed by atoms with Crippen LogP contribution in [0.1, 0.15) is 52.4 Å². The standard InChI is InChI=1S/C12H24NO/c1-4-7-8-9-10-11-12(14)13(5-2)6-3/h1,4-11H2,2-3H3. The van der Waals surface area contributed by atoms with E-state index in [0.29, 0.717) is 5.91 Å². The molecule has 0 saturated carbocycles. The average molecular weight is 198 g/mol. The SMILES string of the molecule is [CH2]CCCCCCC(=O)N(CC)CC. The Morgan fingerprint density at radius 1 is 1.07 bits per heavy atom. The molecule has 0 spiro atoms. The minimum absolute atomic E-state index is 0.310. The molecule has 0 N–H and O–H groups in total. The normalized spacial score (nSPS) is 10.2. The van der Waals surface area contributed by atoms with E-state index in [9.17, 15) is 4.79 Å². The Kier molecular flexibility index (Phi) is 8.70. The third-order valence-electron chi connectivity index (χ3n) is 2.51. The fourth-order valence-corrected chi connectivity index (χ4v) is 1.54. The smallest absolute Gasteiger partial charge is 0.222 e. The summed E-state index contributed by atoms with van der Waals surface area (Å²) in [6.45, 7) is 9.54. The van der Waals surface area contributed by atoms with Gasteiger partial charge in [0.2, 0.25) is 5.91 Å². The van der Waals surface area contributed by atoms with E-state index < -0.39 is 0 Å². The van der Waals surface area contributed by atoms with Crippen LogP contribution in [0.2, 0.25) is 0 Å². The summed E-state index contributed by atoms with van der Waals surface area (Å²) < 4.78 is 0. The van der Waals surface area contributed by atoms with Gasteiger partial charge in [0.25, 0.3) is 0 Å². The van der Waals surface area contributed by atoms with Crippen LogP contribution in [0, 0.1) is 6.92 Å². The maximum Gasteiger partial charge on any atom is 0.222 e. The first kappa shape index (κ1) is 13.5. The van der Waals surface area contributed by atoms with Gasteiger partial charge in [-0.25, -0.2) is 0 Å². The molecule has 0 atom stereocenters. The molecular weight excluding hydrogens is 174 g/mol. The van der Waals surface area contributed by atoms with Crippen LogP contribution in [0.25, 0.3) is 0 Å². The highest BCUT2D eigenvalue weighted by Gasteiger charge is 2.07. The molecule has 0 aliphatic carbocycles. The van der Waals surface area contributed by atoms with E-state index in [1.807, 2.05) is 18.7 Å². The van der Waals surface area contributed by atoms with Crippen molar-refractivity contribution >= 4 is 5.91 Å².